The smallest absolute Gasteiger partial charge is 0.0626 e. The summed E-state index contributed by atoms with van der Waals surface area (Å²) in [4.78, 5) is 0. The van der Waals surface area contributed by atoms with Gasteiger partial charge in [-0.3, -0.25) is 0 Å². The summed E-state index contributed by atoms with van der Waals surface area (Å²) in [7, 11) is 0. The second-order valence-corrected chi connectivity index (χ2v) is 15.6. The highest BCUT2D eigenvalue weighted by Crippen LogP contribution is 2.89. The van der Waals surface area contributed by atoms with E-state index in [1.165, 1.54) is 70.6 Å². The third-order valence-electron chi connectivity index (χ3n) is 13.8. The number of aliphatic hydroxyl groups is 1. The first kappa shape index (κ1) is 25.6. The number of ether oxygens (including phenoxy) is 1. The van der Waals surface area contributed by atoms with Crippen LogP contribution in [0, 0.1) is 50.7 Å². The lowest BCUT2D eigenvalue weighted by molar-refractivity contribution is -0.161. The maximum atomic E-state index is 10.9. The van der Waals surface area contributed by atoms with Crippen LogP contribution in [0.2, 0.25) is 0 Å². The topological polar surface area (TPSA) is 29.5 Å². The molecule has 0 amide bonds. The first-order chi connectivity index (χ1) is 15.8. The molecule has 0 aromatic carbocycles. The molecule has 5 saturated carbocycles. The molecule has 2 spiro atoms. The molecule has 5 rings (SSSR count). The molecule has 34 heavy (non-hydrogen) atoms. The Labute approximate surface area is 211 Å². The maximum absolute atomic E-state index is 10.9. The molecule has 5 aliphatic carbocycles. The minimum absolute atomic E-state index is 0.0278. The average molecular weight is 473 g/mol. The van der Waals surface area contributed by atoms with Crippen LogP contribution < -0.4 is 0 Å². The van der Waals surface area contributed by atoms with Gasteiger partial charge in [0.2, 0.25) is 0 Å². The molecule has 0 saturated heterocycles. The summed E-state index contributed by atoms with van der Waals surface area (Å²) in [6.07, 6.45) is 16.2. The largest absolute Gasteiger partial charge is 0.393 e. The Morgan fingerprint density at radius 2 is 1.56 bits per heavy atom. The van der Waals surface area contributed by atoms with Crippen molar-refractivity contribution in [3.63, 3.8) is 0 Å². The molecule has 2 heteroatoms. The van der Waals surface area contributed by atoms with Crippen molar-refractivity contribution >= 4 is 0 Å². The van der Waals surface area contributed by atoms with E-state index in [2.05, 4.69) is 55.4 Å². The Bertz CT molecular complexity index is 786. The molecule has 0 radical (unpaired) electrons. The van der Waals surface area contributed by atoms with Crippen molar-refractivity contribution in [2.24, 2.45) is 50.7 Å². The third-order valence-corrected chi connectivity index (χ3v) is 13.8. The van der Waals surface area contributed by atoms with E-state index in [0.717, 1.165) is 36.7 Å². The highest BCUT2D eigenvalue weighted by molar-refractivity contribution is 5.30. The van der Waals surface area contributed by atoms with Crippen LogP contribution in [0.15, 0.2) is 0 Å². The zero-order valence-electron chi connectivity index (χ0n) is 23.9. The van der Waals surface area contributed by atoms with Gasteiger partial charge < -0.3 is 9.84 Å². The molecule has 0 bridgehead atoms. The van der Waals surface area contributed by atoms with Gasteiger partial charge in [0, 0.05) is 6.61 Å². The minimum Gasteiger partial charge on any atom is -0.393 e. The van der Waals surface area contributed by atoms with Gasteiger partial charge in [0.1, 0.15) is 0 Å². The van der Waals surface area contributed by atoms with Crippen LogP contribution in [-0.4, -0.2) is 23.4 Å². The van der Waals surface area contributed by atoms with Gasteiger partial charge in [0.15, 0.2) is 0 Å². The second-order valence-electron chi connectivity index (χ2n) is 15.6. The van der Waals surface area contributed by atoms with E-state index in [1.54, 1.807) is 0 Å². The zero-order valence-corrected chi connectivity index (χ0v) is 23.9. The van der Waals surface area contributed by atoms with Gasteiger partial charge in [-0.1, -0.05) is 47.5 Å². The number of fused-ring (bicyclic) bond motifs is 2. The molecule has 2 nitrogen and oxygen atoms in total. The number of aliphatic hydroxyl groups excluding tert-OH is 1. The molecule has 5 aliphatic rings. The van der Waals surface area contributed by atoms with E-state index < -0.39 is 0 Å². The van der Waals surface area contributed by atoms with Gasteiger partial charge in [-0.25, -0.2) is 0 Å². The Balaban J connectivity index is 1.32. The standard InChI is InChI=1S/C32H56O2/c1-9-34-27(3,4)16-10-11-22(2)23-14-17-30(8)25-13-12-24-28(5,6)26(33)15-18-31(24)21-32(25,31)20-19-29(23,30)7/h22-26,33H,9-21H2,1-8H3. The number of hydrogen-bond acceptors (Lipinski definition) is 2. The van der Waals surface area contributed by atoms with Crippen molar-refractivity contribution in [3.05, 3.63) is 0 Å². The van der Waals surface area contributed by atoms with E-state index in [9.17, 15) is 5.11 Å². The van der Waals surface area contributed by atoms with Crippen molar-refractivity contribution in [1.82, 2.24) is 0 Å². The first-order valence-electron chi connectivity index (χ1n) is 15.1. The van der Waals surface area contributed by atoms with Gasteiger partial charge in [-0.15, -0.1) is 0 Å². The van der Waals surface area contributed by atoms with Crippen LogP contribution in [0.5, 0.6) is 0 Å². The van der Waals surface area contributed by atoms with Gasteiger partial charge in [-0.2, -0.15) is 0 Å². The van der Waals surface area contributed by atoms with E-state index in [4.69, 9.17) is 4.74 Å². The molecule has 0 aromatic heterocycles. The Morgan fingerprint density at radius 3 is 2.26 bits per heavy atom. The zero-order chi connectivity index (χ0) is 24.8. The first-order valence-corrected chi connectivity index (χ1v) is 15.1. The van der Waals surface area contributed by atoms with Gasteiger partial charge in [0.05, 0.1) is 11.7 Å². The fourth-order valence-corrected chi connectivity index (χ4v) is 11.8. The molecule has 5 fully saturated rings. The number of rotatable bonds is 7. The van der Waals surface area contributed by atoms with Crippen LogP contribution in [0.1, 0.15) is 132 Å². The second kappa shape index (κ2) is 7.96. The molecule has 0 heterocycles. The lowest BCUT2D eigenvalue weighted by Crippen LogP contribution is -2.57. The molecular formula is C32H56O2. The van der Waals surface area contributed by atoms with Crippen LogP contribution in [0.25, 0.3) is 0 Å². The van der Waals surface area contributed by atoms with E-state index in [-0.39, 0.29) is 17.1 Å². The van der Waals surface area contributed by atoms with Gasteiger partial charge in [-0.05, 0) is 136 Å². The van der Waals surface area contributed by atoms with Crippen molar-refractivity contribution in [3.8, 4) is 0 Å². The van der Waals surface area contributed by atoms with Gasteiger partial charge in [0.25, 0.3) is 0 Å². The fourth-order valence-electron chi connectivity index (χ4n) is 11.8. The van der Waals surface area contributed by atoms with Crippen LogP contribution >= 0.6 is 0 Å². The molecule has 0 aromatic rings. The van der Waals surface area contributed by atoms with Crippen LogP contribution in [-0.2, 0) is 4.74 Å². The minimum atomic E-state index is -0.0915. The Morgan fingerprint density at radius 1 is 0.882 bits per heavy atom. The molecule has 0 aliphatic heterocycles. The van der Waals surface area contributed by atoms with Crippen LogP contribution in [0.4, 0.5) is 0 Å². The summed E-state index contributed by atoms with van der Waals surface area (Å²) >= 11 is 0. The Kier molecular flexibility index (Phi) is 5.98. The number of hydrogen-bond donors (Lipinski definition) is 1. The van der Waals surface area contributed by atoms with Crippen LogP contribution in [0.3, 0.4) is 0 Å². The summed E-state index contributed by atoms with van der Waals surface area (Å²) in [6.45, 7) is 20.3. The SMILES string of the molecule is CCOC(C)(C)CCCC(C)C1CCC2(C)C3CCC4C(C)(C)C(O)CCC45CC35CCC12C. The highest BCUT2D eigenvalue weighted by Gasteiger charge is 2.82. The fraction of sp³-hybridized carbons (Fsp3) is 1.00. The highest BCUT2D eigenvalue weighted by atomic mass is 16.5. The molecule has 196 valence electrons. The summed E-state index contributed by atoms with van der Waals surface area (Å²) in [6, 6.07) is 0. The van der Waals surface area contributed by atoms with Crippen molar-refractivity contribution in [1.29, 1.82) is 0 Å². The average Bonchev–Trinajstić information content (AvgIpc) is 3.33. The lowest BCUT2D eigenvalue weighted by atomic mass is 9.41. The van der Waals surface area contributed by atoms with E-state index >= 15 is 0 Å². The molecule has 9 atom stereocenters. The monoisotopic (exact) mass is 472 g/mol. The van der Waals surface area contributed by atoms with E-state index in [0.29, 0.717) is 21.7 Å². The normalized spacial score (nSPS) is 50.0. The quantitative estimate of drug-likeness (QED) is 0.403. The van der Waals surface area contributed by atoms with Crippen molar-refractivity contribution < 1.29 is 9.84 Å². The summed E-state index contributed by atoms with van der Waals surface area (Å²) in [5, 5.41) is 10.9. The third kappa shape index (κ3) is 3.25. The predicted octanol–water partition coefficient (Wildman–Crippen LogP) is 8.41. The maximum Gasteiger partial charge on any atom is 0.0626 e. The Hall–Kier alpha value is -0.0800. The van der Waals surface area contributed by atoms with Crippen molar-refractivity contribution in [2.75, 3.05) is 6.61 Å². The van der Waals surface area contributed by atoms with Gasteiger partial charge >= 0.3 is 0 Å². The van der Waals surface area contributed by atoms with E-state index in [1.807, 2.05) is 0 Å². The summed E-state index contributed by atoms with van der Waals surface area (Å²) in [5.74, 6) is 3.39. The summed E-state index contributed by atoms with van der Waals surface area (Å²) in [5.41, 5.74) is 2.34. The van der Waals surface area contributed by atoms with Crippen molar-refractivity contribution in [2.45, 2.75) is 144 Å². The molecule has 1 N–H and O–H groups in total. The molecular weight excluding hydrogens is 416 g/mol. The predicted molar refractivity (Wildman–Crippen MR) is 142 cm³/mol. The molecule has 9 unspecified atom stereocenters. The lowest BCUT2D eigenvalue weighted by Gasteiger charge is -2.63. The summed E-state index contributed by atoms with van der Waals surface area (Å²) < 4.78 is 5.98.